The van der Waals surface area contributed by atoms with E-state index in [0.717, 1.165) is 19.1 Å². The molecule has 196 valence electrons. The molecule has 4 rings (SSSR count). The number of rotatable bonds is 6. The number of pyridine rings is 1. The number of piperidine rings is 1. The molecule has 1 aromatic heterocycles. The summed E-state index contributed by atoms with van der Waals surface area (Å²) in [7, 11) is -3.35. The van der Waals surface area contributed by atoms with Crippen LogP contribution < -0.4 is 15.0 Å². The molecule has 1 N–H and O–H groups in total. The fraction of sp³-hybridized carbons (Fsp3) is 0.500. The molecule has 3 atom stereocenters. The smallest absolute Gasteiger partial charge is 0.416 e. The molecule has 12 heteroatoms. The molecule has 2 bridgehead atoms. The Kier molecular flexibility index (Phi) is 6.69. The third-order valence-corrected chi connectivity index (χ3v) is 7.75. The van der Waals surface area contributed by atoms with Gasteiger partial charge in [0, 0.05) is 30.6 Å². The molecule has 1 unspecified atom stereocenters. The Bertz CT molecular complexity index is 1230. The summed E-state index contributed by atoms with van der Waals surface area (Å²) in [6, 6.07) is 4.98. The molecule has 0 saturated carbocycles. The number of ether oxygens (including phenoxy) is 1. The zero-order valence-corrected chi connectivity index (χ0v) is 20.8. The van der Waals surface area contributed by atoms with Gasteiger partial charge < -0.3 is 15.0 Å². The summed E-state index contributed by atoms with van der Waals surface area (Å²) < 4.78 is 82.0. The number of hydrogen-bond acceptors (Lipinski definition) is 6. The SMILES string of the molecule is CC(C)(Oc1cc(C(F)(F)F)ccc1F)C(=O)NC1C[C@H]2CC[C@@H](C1)N2c1ccc(S(C)(=O)=O)cn1. The van der Waals surface area contributed by atoms with Crippen molar-refractivity contribution in [3.8, 4) is 5.75 Å². The molecule has 1 aromatic carbocycles. The maximum absolute atomic E-state index is 14.1. The molecule has 2 saturated heterocycles. The quantitative estimate of drug-likeness (QED) is 0.567. The normalized spacial score (nSPS) is 22.4. The molecule has 0 spiro atoms. The number of sulfone groups is 1. The fourth-order valence-corrected chi connectivity index (χ4v) is 5.41. The highest BCUT2D eigenvalue weighted by Crippen LogP contribution is 2.39. The Labute approximate surface area is 206 Å². The van der Waals surface area contributed by atoms with Crippen molar-refractivity contribution >= 4 is 21.6 Å². The van der Waals surface area contributed by atoms with E-state index >= 15 is 0 Å². The number of nitrogens with one attached hydrogen (secondary N) is 1. The van der Waals surface area contributed by atoms with E-state index in [0.29, 0.717) is 36.9 Å². The van der Waals surface area contributed by atoms with Crippen molar-refractivity contribution in [3.63, 3.8) is 0 Å². The van der Waals surface area contributed by atoms with E-state index in [4.69, 9.17) is 4.74 Å². The van der Waals surface area contributed by atoms with Crippen LogP contribution in [0.1, 0.15) is 45.1 Å². The Morgan fingerprint density at radius 3 is 2.28 bits per heavy atom. The summed E-state index contributed by atoms with van der Waals surface area (Å²) >= 11 is 0. The van der Waals surface area contributed by atoms with E-state index < -0.39 is 44.7 Å². The predicted octanol–water partition coefficient (Wildman–Crippen LogP) is 4.12. The highest BCUT2D eigenvalue weighted by Gasteiger charge is 2.43. The van der Waals surface area contributed by atoms with Gasteiger partial charge in [0.05, 0.1) is 10.5 Å². The number of carbonyl (C=O) groups excluding carboxylic acids is 1. The molecule has 0 radical (unpaired) electrons. The highest BCUT2D eigenvalue weighted by atomic mass is 32.2. The average Bonchev–Trinajstić information content (AvgIpc) is 3.04. The zero-order valence-electron chi connectivity index (χ0n) is 20.0. The van der Waals surface area contributed by atoms with Crippen molar-refractivity contribution in [2.75, 3.05) is 11.2 Å². The first-order valence-corrected chi connectivity index (χ1v) is 13.4. The van der Waals surface area contributed by atoms with Gasteiger partial charge in [-0.25, -0.2) is 17.8 Å². The third kappa shape index (κ3) is 5.42. The van der Waals surface area contributed by atoms with Crippen molar-refractivity contribution in [2.24, 2.45) is 0 Å². The van der Waals surface area contributed by atoms with Crippen LogP contribution in [0.2, 0.25) is 0 Å². The van der Waals surface area contributed by atoms with Gasteiger partial charge in [0.1, 0.15) is 5.82 Å². The fourth-order valence-electron chi connectivity index (χ4n) is 4.85. The van der Waals surface area contributed by atoms with Crippen LogP contribution in [-0.2, 0) is 20.8 Å². The molecule has 7 nitrogen and oxygen atoms in total. The van der Waals surface area contributed by atoms with Gasteiger partial charge >= 0.3 is 6.18 Å². The van der Waals surface area contributed by atoms with Gasteiger partial charge in [0.2, 0.25) is 0 Å². The van der Waals surface area contributed by atoms with E-state index in [2.05, 4.69) is 15.2 Å². The van der Waals surface area contributed by atoms with Crippen LogP contribution in [-0.4, -0.2) is 49.3 Å². The minimum Gasteiger partial charge on any atom is -0.475 e. The third-order valence-electron chi connectivity index (χ3n) is 6.65. The lowest BCUT2D eigenvalue weighted by molar-refractivity contribution is -0.138. The highest BCUT2D eigenvalue weighted by molar-refractivity contribution is 7.90. The second-order valence-corrected chi connectivity index (χ2v) is 11.8. The Hall–Kier alpha value is -2.89. The van der Waals surface area contributed by atoms with Crippen LogP contribution in [0.3, 0.4) is 0 Å². The molecule has 2 aliphatic rings. The molecule has 2 aromatic rings. The Morgan fingerprint density at radius 2 is 1.75 bits per heavy atom. The molecular formula is C24H27F4N3O4S. The molecule has 36 heavy (non-hydrogen) atoms. The second kappa shape index (κ2) is 9.20. The monoisotopic (exact) mass is 529 g/mol. The van der Waals surface area contributed by atoms with Gasteiger partial charge in [0.25, 0.3) is 5.91 Å². The van der Waals surface area contributed by atoms with Crippen molar-refractivity contribution in [2.45, 2.75) is 74.3 Å². The van der Waals surface area contributed by atoms with Crippen LogP contribution in [0.25, 0.3) is 0 Å². The first kappa shape index (κ1) is 26.2. The molecule has 3 heterocycles. The number of amides is 1. The van der Waals surface area contributed by atoms with E-state index in [9.17, 15) is 30.8 Å². The number of anilines is 1. The lowest BCUT2D eigenvalue weighted by Crippen LogP contribution is -2.55. The van der Waals surface area contributed by atoms with Crippen LogP contribution in [0.5, 0.6) is 5.75 Å². The predicted molar refractivity (Wildman–Crippen MR) is 124 cm³/mol. The van der Waals surface area contributed by atoms with Gasteiger partial charge in [-0.1, -0.05) is 0 Å². The lowest BCUT2D eigenvalue weighted by Gasteiger charge is -2.40. The van der Waals surface area contributed by atoms with Crippen molar-refractivity contribution in [1.82, 2.24) is 10.3 Å². The zero-order chi connectivity index (χ0) is 26.5. The van der Waals surface area contributed by atoms with Crippen LogP contribution >= 0.6 is 0 Å². The largest absolute Gasteiger partial charge is 0.475 e. The summed E-state index contributed by atoms with van der Waals surface area (Å²) in [6.07, 6.45) is 0.742. The van der Waals surface area contributed by atoms with Crippen molar-refractivity contribution in [3.05, 3.63) is 47.9 Å². The van der Waals surface area contributed by atoms with Crippen LogP contribution in [0, 0.1) is 5.82 Å². The van der Waals surface area contributed by atoms with Gasteiger partial charge in [-0.3, -0.25) is 4.79 Å². The molecular weight excluding hydrogens is 502 g/mol. The molecule has 0 aliphatic carbocycles. The number of hydrogen-bond donors (Lipinski definition) is 1. The minimum absolute atomic E-state index is 0.0792. The van der Waals surface area contributed by atoms with Gasteiger partial charge in [-0.05, 0) is 69.9 Å². The van der Waals surface area contributed by atoms with E-state index in [1.807, 2.05) is 0 Å². The van der Waals surface area contributed by atoms with Gasteiger partial charge in [-0.15, -0.1) is 0 Å². The number of aromatic nitrogens is 1. The van der Waals surface area contributed by atoms with Crippen LogP contribution in [0.15, 0.2) is 41.4 Å². The maximum Gasteiger partial charge on any atom is 0.416 e. The van der Waals surface area contributed by atoms with Crippen molar-refractivity contribution in [1.29, 1.82) is 0 Å². The standard InChI is InChI=1S/C24H27F4N3O4S/c1-23(2,35-20-10-14(24(26,27)28)4-8-19(20)25)22(32)30-15-11-16-5-6-17(12-15)31(16)21-9-7-18(13-29-21)36(3,33)34/h4,7-10,13,15-17H,5-6,11-12H2,1-3H3,(H,30,32)/t15?,16-,17+. The van der Waals surface area contributed by atoms with Crippen LogP contribution in [0.4, 0.5) is 23.4 Å². The summed E-state index contributed by atoms with van der Waals surface area (Å²) in [5, 5.41) is 2.91. The number of nitrogens with zero attached hydrogens (tertiary/aromatic N) is 2. The number of carbonyl (C=O) groups is 1. The maximum atomic E-state index is 14.1. The lowest BCUT2D eigenvalue weighted by atomic mass is 9.96. The average molecular weight is 530 g/mol. The summed E-state index contributed by atoms with van der Waals surface area (Å²) in [5.41, 5.74) is -2.69. The Morgan fingerprint density at radius 1 is 1.11 bits per heavy atom. The topological polar surface area (TPSA) is 88.6 Å². The minimum atomic E-state index is -4.68. The molecule has 1 amide bonds. The van der Waals surface area contributed by atoms with Gasteiger partial charge in [0.15, 0.2) is 27.0 Å². The number of alkyl halides is 3. The number of benzene rings is 1. The first-order chi connectivity index (χ1) is 16.6. The second-order valence-electron chi connectivity index (χ2n) is 9.81. The van der Waals surface area contributed by atoms with Gasteiger partial charge in [-0.2, -0.15) is 13.2 Å². The van der Waals surface area contributed by atoms with E-state index in [1.165, 1.54) is 26.1 Å². The Balaban J connectivity index is 1.42. The first-order valence-electron chi connectivity index (χ1n) is 11.5. The summed E-state index contributed by atoms with van der Waals surface area (Å²) in [5.74, 6) is -1.54. The summed E-state index contributed by atoms with van der Waals surface area (Å²) in [6.45, 7) is 2.75. The molecule has 2 fully saturated rings. The van der Waals surface area contributed by atoms with E-state index in [1.54, 1.807) is 6.07 Å². The van der Waals surface area contributed by atoms with E-state index in [-0.39, 0.29) is 23.0 Å². The number of fused-ring (bicyclic) bond motifs is 2. The number of halogens is 4. The summed E-state index contributed by atoms with van der Waals surface area (Å²) in [4.78, 5) is 19.6. The van der Waals surface area contributed by atoms with Crippen molar-refractivity contribution < 1.29 is 35.5 Å². The molecule has 2 aliphatic heterocycles.